The molecular formula is C22H28N4O2. The third kappa shape index (κ3) is 4.39. The van der Waals surface area contributed by atoms with Crippen LogP contribution in [0.25, 0.3) is 0 Å². The van der Waals surface area contributed by atoms with Gasteiger partial charge in [0.05, 0.1) is 0 Å². The molecule has 0 spiro atoms. The lowest BCUT2D eigenvalue weighted by molar-refractivity contribution is 0.0857. The molecule has 6 heteroatoms. The summed E-state index contributed by atoms with van der Waals surface area (Å²) in [7, 11) is 0. The van der Waals surface area contributed by atoms with E-state index in [9.17, 15) is 9.59 Å². The van der Waals surface area contributed by atoms with Crippen molar-refractivity contribution in [3.05, 3.63) is 65.5 Å². The monoisotopic (exact) mass is 380 g/mol. The summed E-state index contributed by atoms with van der Waals surface area (Å²) in [5.74, 6) is -0.0956. The van der Waals surface area contributed by atoms with Gasteiger partial charge in [-0.3, -0.25) is 9.78 Å². The molecule has 0 bridgehead atoms. The zero-order chi connectivity index (χ0) is 20.1. The first-order valence-electron chi connectivity index (χ1n) is 9.72. The Balaban J connectivity index is 1.81. The van der Waals surface area contributed by atoms with Crippen molar-refractivity contribution in [2.75, 3.05) is 13.1 Å². The molecule has 0 radical (unpaired) electrons. The molecule has 1 fully saturated rings. The molecule has 0 saturated carbocycles. The number of nitrogens with zero attached hydrogens (tertiary/aromatic N) is 2. The van der Waals surface area contributed by atoms with Gasteiger partial charge in [-0.15, -0.1) is 0 Å². The summed E-state index contributed by atoms with van der Waals surface area (Å²) in [5.41, 5.74) is 1.48. The molecule has 3 rings (SSSR count). The van der Waals surface area contributed by atoms with Crippen molar-refractivity contribution in [3.63, 3.8) is 0 Å². The molecule has 2 aromatic rings. The number of hydrogen-bond donors (Lipinski definition) is 2. The number of aryl methyl sites for hydroxylation is 1. The van der Waals surface area contributed by atoms with E-state index in [0.717, 1.165) is 11.3 Å². The molecule has 1 aliphatic rings. The van der Waals surface area contributed by atoms with Gasteiger partial charge in [0.15, 0.2) is 5.78 Å². The van der Waals surface area contributed by atoms with Crippen molar-refractivity contribution in [1.29, 1.82) is 0 Å². The molecule has 2 N–H and O–H groups in total. The van der Waals surface area contributed by atoms with Crippen molar-refractivity contribution in [1.82, 2.24) is 20.5 Å². The van der Waals surface area contributed by atoms with Gasteiger partial charge in [-0.25, -0.2) is 4.79 Å². The van der Waals surface area contributed by atoms with Crippen LogP contribution in [0.3, 0.4) is 0 Å². The fourth-order valence-corrected chi connectivity index (χ4v) is 3.47. The molecular weight excluding hydrogens is 352 g/mol. The van der Waals surface area contributed by atoms with Crippen LogP contribution >= 0.6 is 0 Å². The van der Waals surface area contributed by atoms with Gasteiger partial charge in [0, 0.05) is 36.6 Å². The number of hydrogen-bond acceptors (Lipinski definition) is 4. The van der Waals surface area contributed by atoms with Gasteiger partial charge in [0.1, 0.15) is 5.54 Å². The highest BCUT2D eigenvalue weighted by molar-refractivity contribution is 6.05. The molecule has 2 amide bonds. The van der Waals surface area contributed by atoms with Crippen LogP contribution in [0.15, 0.2) is 48.7 Å². The van der Waals surface area contributed by atoms with Gasteiger partial charge >= 0.3 is 6.03 Å². The summed E-state index contributed by atoms with van der Waals surface area (Å²) < 4.78 is 0. The van der Waals surface area contributed by atoms with Gasteiger partial charge in [0.25, 0.3) is 0 Å². The van der Waals surface area contributed by atoms with Gasteiger partial charge in [-0.05, 0) is 51.4 Å². The number of ketones is 1. The van der Waals surface area contributed by atoms with E-state index in [2.05, 4.69) is 15.6 Å². The van der Waals surface area contributed by atoms with E-state index < -0.39 is 5.54 Å². The number of rotatable bonds is 6. The SMILES string of the molecule is Cc1ccc(C(=O)[C@@]2(NC(=O)N(Cc3ccccc3)C(C)C)CCNC2)cn1. The summed E-state index contributed by atoms with van der Waals surface area (Å²) in [6.07, 6.45) is 2.15. The third-order valence-electron chi connectivity index (χ3n) is 5.19. The second-order valence-corrected chi connectivity index (χ2v) is 7.66. The van der Waals surface area contributed by atoms with E-state index in [1.54, 1.807) is 17.2 Å². The number of urea groups is 1. The first-order chi connectivity index (χ1) is 13.4. The summed E-state index contributed by atoms with van der Waals surface area (Å²) in [5, 5.41) is 6.28. The molecule has 0 unspecified atom stereocenters. The molecule has 6 nitrogen and oxygen atoms in total. The average Bonchev–Trinajstić information content (AvgIpc) is 3.16. The Morgan fingerprint density at radius 3 is 2.54 bits per heavy atom. The predicted octanol–water partition coefficient (Wildman–Crippen LogP) is 2.93. The van der Waals surface area contributed by atoms with Crippen molar-refractivity contribution < 1.29 is 9.59 Å². The molecule has 1 aromatic heterocycles. The van der Waals surface area contributed by atoms with Crippen molar-refractivity contribution in [2.24, 2.45) is 0 Å². The molecule has 28 heavy (non-hydrogen) atoms. The minimum Gasteiger partial charge on any atom is -0.324 e. The summed E-state index contributed by atoms with van der Waals surface area (Å²) >= 11 is 0. The minimum absolute atomic E-state index is 0.00256. The van der Waals surface area contributed by atoms with Crippen LogP contribution in [0.1, 0.15) is 41.9 Å². The molecule has 0 aliphatic carbocycles. The van der Waals surface area contributed by atoms with E-state index in [4.69, 9.17) is 0 Å². The standard InChI is InChI=1S/C22H28N4O2/c1-16(2)26(14-18-7-5-4-6-8-18)21(28)25-22(11-12-23-15-22)20(27)19-10-9-17(3)24-13-19/h4-10,13,16,23H,11-12,14-15H2,1-3H3,(H,25,28)/t22-/m1/s1. The van der Waals surface area contributed by atoms with Crippen LogP contribution in [0.5, 0.6) is 0 Å². The normalized spacial score (nSPS) is 18.9. The summed E-state index contributed by atoms with van der Waals surface area (Å²) in [4.78, 5) is 32.4. The number of pyridine rings is 1. The summed E-state index contributed by atoms with van der Waals surface area (Å²) in [6, 6.07) is 13.2. The van der Waals surface area contributed by atoms with Crippen LogP contribution in [0, 0.1) is 6.92 Å². The van der Waals surface area contributed by atoms with Crippen LogP contribution in [-0.4, -0.2) is 46.4 Å². The maximum atomic E-state index is 13.3. The Morgan fingerprint density at radius 1 is 1.21 bits per heavy atom. The molecule has 148 valence electrons. The second kappa shape index (κ2) is 8.52. The zero-order valence-corrected chi connectivity index (χ0v) is 16.7. The fraction of sp³-hybridized carbons (Fsp3) is 0.409. The van der Waals surface area contributed by atoms with Crippen LogP contribution < -0.4 is 10.6 Å². The highest BCUT2D eigenvalue weighted by Gasteiger charge is 2.44. The Bertz CT molecular complexity index is 812. The number of carbonyl (C=O) groups is 2. The molecule has 1 aromatic carbocycles. The summed E-state index contributed by atoms with van der Waals surface area (Å²) in [6.45, 7) is 7.44. The number of Topliss-reactive ketones (excluding diaryl/α,β-unsaturated/α-hetero) is 1. The predicted molar refractivity (Wildman–Crippen MR) is 109 cm³/mol. The number of amides is 2. The molecule has 1 aliphatic heterocycles. The van der Waals surface area contributed by atoms with Crippen LogP contribution in [-0.2, 0) is 6.54 Å². The second-order valence-electron chi connectivity index (χ2n) is 7.66. The van der Waals surface area contributed by atoms with E-state index in [0.29, 0.717) is 31.6 Å². The smallest absolute Gasteiger partial charge is 0.318 e. The highest BCUT2D eigenvalue weighted by Crippen LogP contribution is 2.22. The minimum atomic E-state index is -0.947. The molecule has 1 saturated heterocycles. The van der Waals surface area contributed by atoms with Crippen LogP contribution in [0.2, 0.25) is 0 Å². The first-order valence-corrected chi connectivity index (χ1v) is 9.72. The van der Waals surface area contributed by atoms with Gasteiger partial charge in [-0.1, -0.05) is 30.3 Å². The maximum Gasteiger partial charge on any atom is 0.318 e. The lowest BCUT2D eigenvalue weighted by Crippen LogP contribution is -2.59. The van der Waals surface area contributed by atoms with Gasteiger partial charge in [0.2, 0.25) is 0 Å². The largest absolute Gasteiger partial charge is 0.324 e. The van der Waals surface area contributed by atoms with E-state index in [1.165, 1.54) is 0 Å². The highest BCUT2D eigenvalue weighted by atomic mass is 16.2. The third-order valence-corrected chi connectivity index (χ3v) is 5.19. The maximum absolute atomic E-state index is 13.3. The van der Waals surface area contributed by atoms with Crippen molar-refractivity contribution >= 4 is 11.8 Å². The van der Waals surface area contributed by atoms with E-state index >= 15 is 0 Å². The Hall–Kier alpha value is -2.73. The van der Waals surface area contributed by atoms with Crippen LogP contribution in [0.4, 0.5) is 4.79 Å². The Kier molecular flexibility index (Phi) is 6.09. The lowest BCUT2D eigenvalue weighted by atomic mass is 9.89. The number of carbonyl (C=O) groups excluding carboxylic acids is 2. The number of benzene rings is 1. The van der Waals surface area contributed by atoms with Crippen molar-refractivity contribution in [3.8, 4) is 0 Å². The van der Waals surface area contributed by atoms with E-state index in [-0.39, 0.29) is 17.9 Å². The average molecular weight is 380 g/mol. The Labute approximate surface area is 166 Å². The molecule has 2 heterocycles. The lowest BCUT2D eigenvalue weighted by Gasteiger charge is -2.34. The Morgan fingerprint density at radius 2 is 1.96 bits per heavy atom. The first kappa shape index (κ1) is 20.0. The number of aromatic nitrogens is 1. The number of nitrogens with one attached hydrogen (secondary N) is 2. The van der Waals surface area contributed by atoms with Crippen molar-refractivity contribution in [2.45, 2.75) is 45.3 Å². The van der Waals surface area contributed by atoms with Gasteiger partial charge in [-0.2, -0.15) is 0 Å². The van der Waals surface area contributed by atoms with Gasteiger partial charge < -0.3 is 15.5 Å². The quantitative estimate of drug-likeness (QED) is 0.756. The fourth-order valence-electron chi connectivity index (χ4n) is 3.47. The topological polar surface area (TPSA) is 74.3 Å². The molecule has 1 atom stereocenters. The van der Waals surface area contributed by atoms with E-state index in [1.807, 2.05) is 57.2 Å². The zero-order valence-electron chi connectivity index (χ0n) is 16.7.